The average molecular weight is 389 g/mol. The lowest BCUT2D eigenvalue weighted by Crippen LogP contribution is -2.31. The Labute approximate surface area is 165 Å². The van der Waals surface area contributed by atoms with Crippen LogP contribution < -0.4 is 10.6 Å². The molecule has 6 heteroatoms. The molecule has 1 amide bonds. The van der Waals surface area contributed by atoms with E-state index in [9.17, 15) is 9.59 Å². The molecule has 27 heavy (non-hydrogen) atoms. The summed E-state index contributed by atoms with van der Waals surface area (Å²) in [6, 6.07) is 14.1. The average Bonchev–Trinajstić information content (AvgIpc) is 2.66. The summed E-state index contributed by atoms with van der Waals surface area (Å²) in [5, 5.41) is 6.63. The molecule has 0 aromatic heterocycles. The summed E-state index contributed by atoms with van der Waals surface area (Å²) in [5.41, 5.74) is 2.01. The maximum Gasteiger partial charge on any atom is 0.340 e. The van der Waals surface area contributed by atoms with E-state index in [1.807, 2.05) is 31.2 Å². The topological polar surface area (TPSA) is 67.4 Å². The highest BCUT2D eigenvalue weighted by molar-refractivity contribution is 6.30. The van der Waals surface area contributed by atoms with E-state index in [0.29, 0.717) is 16.3 Å². The van der Waals surface area contributed by atoms with Crippen LogP contribution in [0.1, 0.15) is 48.7 Å². The van der Waals surface area contributed by atoms with Crippen LogP contribution in [0.2, 0.25) is 5.02 Å². The van der Waals surface area contributed by atoms with Crippen molar-refractivity contribution in [3.05, 3.63) is 64.7 Å². The van der Waals surface area contributed by atoms with Gasteiger partial charge in [0, 0.05) is 17.3 Å². The highest BCUT2D eigenvalue weighted by Crippen LogP contribution is 2.18. The van der Waals surface area contributed by atoms with E-state index in [2.05, 4.69) is 17.6 Å². The van der Waals surface area contributed by atoms with Crippen molar-refractivity contribution in [1.82, 2.24) is 5.32 Å². The van der Waals surface area contributed by atoms with E-state index in [-0.39, 0.29) is 18.6 Å². The van der Waals surface area contributed by atoms with Crippen molar-refractivity contribution in [2.75, 3.05) is 18.5 Å². The first-order chi connectivity index (χ1) is 13.0. The zero-order valence-electron chi connectivity index (χ0n) is 15.6. The number of nitrogens with one attached hydrogen (secondary N) is 2. The molecule has 2 N–H and O–H groups in total. The number of amides is 1. The summed E-state index contributed by atoms with van der Waals surface area (Å²) in [7, 11) is 0. The number of esters is 1. The first-order valence-corrected chi connectivity index (χ1v) is 9.44. The number of benzene rings is 2. The number of hydrogen-bond acceptors (Lipinski definition) is 4. The van der Waals surface area contributed by atoms with Crippen LogP contribution in [0.5, 0.6) is 0 Å². The molecule has 2 aromatic rings. The van der Waals surface area contributed by atoms with Crippen LogP contribution in [0.15, 0.2) is 48.5 Å². The molecule has 0 spiro atoms. The van der Waals surface area contributed by atoms with Crippen molar-refractivity contribution in [3.8, 4) is 0 Å². The molecule has 0 fully saturated rings. The quantitative estimate of drug-likeness (QED) is 0.487. The van der Waals surface area contributed by atoms with Gasteiger partial charge in [-0.3, -0.25) is 4.79 Å². The molecule has 0 bridgehead atoms. The van der Waals surface area contributed by atoms with Crippen molar-refractivity contribution in [3.63, 3.8) is 0 Å². The van der Waals surface area contributed by atoms with Gasteiger partial charge in [-0.15, -0.1) is 0 Å². The molecule has 0 radical (unpaired) electrons. The lowest BCUT2D eigenvalue weighted by Gasteiger charge is -2.15. The first kappa shape index (κ1) is 20.8. The Morgan fingerprint density at radius 1 is 1.15 bits per heavy atom. The van der Waals surface area contributed by atoms with Crippen molar-refractivity contribution < 1.29 is 14.3 Å². The number of anilines is 1. The number of carbonyl (C=O) groups excluding carboxylic acids is 2. The molecule has 0 heterocycles. The van der Waals surface area contributed by atoms with Crippen LogP contribution in [0.4, 0.5) is 5.69 Å². The molecule has 0 aliphatic carbocycles. The standard InChI is InChI=1S/C21H25ClN2O3/c1-3-4-12-23-19-11-6-5-10-18(19)21(26)27-14-20(25)24-15(2)16-8-7-9-17(22)13-16/h5-11,13,15,23H,3-4,12,14H2,1-2H3,(H,24,25)/t15-/m0/s1. The zero-order valence-corrected chi connectivity index (χ0v) is 16.4. The molecule has 5 nitrogen and oxygen atoms in total. The minimum atomic E-state index is -0.528. The Morgan fingerprint density at radius 2 is 1.93 bits per heavy atom. The SMILES string of the molecule is CCCCNc1ccccc1C(=O)OCC(=O)N[C@@H](C)c1cccc(Cl)c1. The summed E-state index contributed by atoms with van der Waals surface area (Å²) in [4.78, 5) is 24.4. The Balaban J connectivity index is 1.88. The predicted octanol–water partition coefficient (Wildman–Crippen LogP) is 4.59. The minimum Gasteiger partial charge on any atom is -0.452 e. The number of unbranched alkanes of at least 4 members (excludes halogenated alkanes) is 1. The minimum absolute atomic E-state index is 0.238. The Hall–Kier alpha value is -2.53. The predicted molar refractivity (Wildman–Crippen MR) is 108 cm³/mol. The van der Waals surface area contributed by atoms with Crippen LogP contribution in [-0.4, -0.2) is 25.0 Å². The second-order valence-corrected chi connectivity index (χ2v) is 6.68. The Morgan fingerprint density at radius 3 is 2.67 bits per heavy atom. The number of rotatable bonds is 9. The fourth-order valence-corrected chi connectivity index (χ4v) is 2.77. The molecule has 0 saturated heterocycles. The van der Waals surface area contributed by atoms with Gasteiger partial charge in [-0.2, -0.15) is 0 Å². The first-order valence-electron chi connectivity index (χ1n) is 9.06. The maximum absolute atomic E-state index is 12.3. The van der Waals surface area contributed by atoms with Crippen LogP contribution in [0.25, 0.3) is 0 Å². The number of halogens is 1. The molecule has 2 aromatic carbocycles. The summed E-state index contributed by atoms with van der Waals surface area (Å²) < 4.78 is 5.18. The van der Waals surface area contributed by atoms with Gasteiger partial charge in [0.1, 0.15) is 0 Å². The summed E-state index contributed by atoms with van der Waals surface area (Å²) >= 11 is 5.97. The Kier molecular flexibility index (Phi) is 8.14. The van der Waals surface area contributed by atoms with Crippen LogP contribution >= 0.6 is 11.6 Å². The third kappa shape index (κ3) is 6.61. The van der Waals surface area contributed by atoms with E-state index >= 15 is 0 Å². The van der Waals surface area contributed by atoms with Crippen LogP contribution in [0, 0.1) is 0 Å². The van der Waals surface area contributed by atoms with Crippen molar-refractivity contribution >= 4 is 29.2 Å². The number of ether oxygens (including phenoxy) is 1. The third-order valence-corrected chi connectivity index (χ3v) is 4.29. The van der Waals surface area contributed by atoms with E-state index in [1.165, 1.54) is 0 Å². The largest absolute Gasteiger partial charge is 0.452 e. The van der Waals surface area contributed by atoms with E-state index in [1.54, 1.807) is 24.3 Å². The van der Waals surface area contributed by atoms with Crippen LogP contribution in [0.3, 0.4) is 0 Å². The van der Waals surface area contributed by atoms with Gasteiger partial charge in [-0.05, 0) is 43.2 Å². The lowest BCUT2D eigenvalue weighted by molar-refractivity contribution is -0.124. The van der Waals surface area contributed by atoms with Crippen molar-refractivity contribution in [1.29, 1.82) is 0 Å². The maximum atomic E-state index is 12.3. The van der Waals surface area contributed by atoms with Gasteiger partial charge in [-0.1, -0.05) is 49.2 Å². The zero-order chi connectivity index (χ0) is 19.6. The van der Waals surface area contributed by atoms with Gasteiger partial charge in [-0.25, -0.2) is 4.79 Å². The normalized spacial score (nSPS) is 11.5. The number of para-hydroxylation sites is 1. The fraction of sp³-hybridized carbons (Fsp3) is 0.333. The lowest BCUT2D eigenvalue weighted by atomic mass is 10.1. The molecular formula is C21H25ClN2O3. The van der Waals surface area contributed by atoms with E-state index in [0.717, 1.165) is 24.9 Å². The van der Waals surface area contributed by atoms with E-state index in [4.69, 9.17) is 16.3 Å². The van der Waals surface area contributed by atoms with E-state index < -0.39 is 5.97 Å². The smallest absolute Gasteiger partial charge is 0.340 e. The molecule has 0 unspecified atom stereocenters. The molecular weight excluding hydrogens is 364 g/mol. The molecule has 144 valence electrons. The van der Waals surface area contributed by atoms with Gasteiger partial charge < -0.3 is 15.4 Å². The third-order valence-electron chi connectivity index (χ3n) is 4.05. The van der Waals surface area contributed by atoms with Crippen molar-refractivity contribution in [2.24, 2.45) is 0 Å². The second kappa shape index (κ2) is 10.6. The second-order valence-electron chi connectivity index (χ2n) is 6.25. The number of carbonyl (C=O) groups is 2. The molecule has 1 atom stereocenters. The Bertz CT molecular complexity index is 780. The molecule has 2 rings (SSSR count). The van der Waals surface area contributed by atoms with Gasteiger partial charge in [0.15, 0.2) is 6.61 Å². The summed E-state index contributed by atoms with van der Waals surface area (Å²) in [6.45, 7) is 4.38. The van der Waals surface area contributed by atoms with Crippen molar-refractivity contribution in [2.45, 2.75) is 32.7 Å². The molecule has 0 saturated carbocycles. The fourth-order valence-electron chi connectivity index (χ4n) is 2.57. The molecule has 0 aliphatic heterocycles. The summed E-state index contributed by atoms with van der Waals surface area (Å²) in [5.74, 6) is -0.896. The molecule has 0 aliphatic rings. The highest BCUT2D eigenvalue weighted by atomic mass is 35.5. The van der Waals surface area contributed by atoms with Gasteiger partial charge >= 0.3 is 5.97 Å². The van der Waals surface area contributed by atoms with Gasteiger partial charge in [0.2, 0.25) is 0 Å². The van der Waals surface area contributed by atoms with Gasteiger partial charge in [0.25, 0.3) is 5.91 Å². The highest BCUT2D eigenvalue weighted by Gasteiger charge is 2.15. The van der Waals surface area contributed by atoms with Crippen LogP contribution in [-0.2, 0) is 9.53 Å². The summed E-state index contributed by atoms with van der Waals surface area (Å²) in [6.07, 6.45) is 2.07. The number of hydrogen-bond donors (Lipinski definition) is 2. The van der Waals surface area contributed by atoms with Gasteiger partial charge in [0.05, 0.1) is 11.6 Å². The monoisotopic (exact) mass is 388 g/mol.